The van der Waals surface area contributed by atoms with E-state index < -0.39 is 0 Å². The van der Waals surface area contributed by atoms with Crippen molar-refractivity contribution in [3.05, 3.63) is 65.4 Å². The molecule has 128 valence electrons. The normalized spacial score (nSPS) is 14.2. The summed E-state index contributed by atoms with van der Waals surface area (Å²) in [5.41, 5.74) is 7.26. The third-order valence-corrected chi connectivity index (χ3v) is 5.15. The molecule has 2 aromatic heterocycles. The molecule has 0 unspecified atom stereocenters. The van der Waals surface area contributed by atoms with Gasteiger partial charge in [-0.15, -0.1) is 0 Å². The average Bonchev–Trinajstić information content (AvgIpc) is 3.43. The number of fused-ring (bicyclic) bond motifs is 3. The summed E-state index contributed by atoms with van der Waals surface area (Å²) in [5.74, 6) is 0.560. The largest absolute Gasteiger partial charge is 0.453 e. The van der Waals surface area contributed by atoms with Crippen LogP contribution in [0.2, 0.25) is 0 Å². The van der Waals surface area contributed by atoms with E-state index in [9.17, 15) is 4.79 Å². The molecule has 3 nitrogen and oxygen atoms in total. The molecule has 2 aromatic carbocycles. The Bertz CT molecular complexity index is 1170. The Morgan fingerprint density at radius 2 is 1.85 bits per heavy atom. The van der Waals surface area contributed by atoms with Gasteiger partial charge < -0.3 is 4.42 Å². The van der Waals surface area contributed by atoms with Gasteiger partial charge in [0.2, 0.25) is 0 Å². The number of Topliss-reactive ketones (excluding diaryl/α,β-unsaturated/α-hetero) is 1. The number of hydrogen-bond acceptors (Lipinski definition) is 3. The van der Waals surface area contributed by atoms with Crippen LogP contribution in [-0.4, -0.2) is 10.8 Å². The van der Waals surface area contributed by atoms with Crippen molar-refractivity contribution in [3.8, 4) is 11.1 Å². The first-order valence-corrected chi connectivity index (χ1v) is 9.06. The SMILES string of the molecule is CC(=O)c1cc(C)cc2c1oc1c(-c3ccccc3)cc(C3CC3)nc12. The second-order valence-corrected chi connectivity index (χ2v) is 7.26. The highest BCUT2D eigenvalue weighted by molar-refractivity contribution is 6.14. The fourth-order valence-electron chi connectivity index (χ4n) is 3.68. The Hall–Kier alpha value is -2.94. The molecule has 26 heavy (non-hydrogen) atoms. The van der Waals surface area contributed by atoms with Crippen molar-refractivity contribution in [1.29, 1.82) is 0 Å². The lowest BCUT2D eigenvalue weighted by molar-refractivity contribution is 0.101. The van der Waals surface area contributed by atoms with Gasteiger partial charge >= 0.3 is 0 Å². The Balaban J connectivity index is 1.92. The fraction of sp³-hybridized carbons (Fsp3) is 0.217. The molecule has 0 spiro atoms. The molecule has 0 radical (unpaired) electrons. The maximum atomic E-state index is 12.1. The van der Waals surface area contributed by atoms with Crippen molar-refractivity contribution in [3.63, 3.8) is 0 Å². The highest BCUT2D eigenvalue weighted by Gasteiger charge is 2.28. The van der Waals surface area contributed by atoms with Gasteiger partial charge in [0.15, 0.2) is 11.4 Å². The summed E-state index contributed by atoms with van der Waals surface area (Å²) in [4.78, 5) is 17.1. The maximum Gasteiger partial charge on any atom is 0.163 e. The lowest BCUT2D eigenvalue weighted by atomic mass is 10.0. The van der Waals surface area contributed by atoms with Gasteiger partial charge in [-0.05, 0) is 56.0 Å². The topological polar surface area (TPSA) is 43.1 Å². The van der Waals surface area contributed by atoms with E-state index in [1.807, 2.05) is 31.2 Å². The van der Waals surface area contributed by atoms with Crippen molar-refractivity contribution >= 4 is 27.9 Å². The van der Waals surface area contributed by atoms with Crippen LogP contribution >= 0.6 is 0 Å². The second kappa shape index (κ2) is 5.53. The second-order valence-electron chi connectivity index (χ2n) is 7.26. The monoisotopic (exact) mass is 341 g/mol. The molecule has 0 aliphatic heterocycles. The molecule has 0 saturated heterocycles. The number of ketones is 1. The van der Waals surface area contributed by atoms with Gasteiger partial charge in [0, 0.05) is 22.6 Å². The highest BCUT2D eigenvalue weighted by atomic mass is 16.3. The number of aryl methyl sites for hydroxylation is 1. The minimum atomic E-state index is 0.0152. The first-order valence-electron chi connectivity index (χ1n) is 9.06. The zero-order valence-corrected chi connectivity index (χ0v) is 14.9. The van der Waals surface area contributed by atoms with Gasteiger partial charge in [-0.1, -0.05) is 30.3 Å². The molecule has 1 aliphatic carbocycles. The summed E-state index contributed by atoms with van der Waals surface area (Å²) >= 11 is 0. The van der Waals surface area contributed by atoms with E-state index in [4.69, 9.17) is 9.40 Å². The van der Waals surface area contributed by atoms with Crippen molar-refractivity contribution in [2.24, 2.45) is 0 Å². The first-order chi connectivity index (χ1) is 12.6. The number of furan rings is 1. The highest BCUT2D eigenvalue weighted by Crippen LogP contribution is 2.44. The van der Waals surface area contributed by atoms with Crippen LogP contribution in [0.3, 0.4) is 0 Å². The third-order valence-electron chi connectivity index (χ3n) is 5.15. The van der Waals surface area contributed by atoms with Crippen LogP contribution in [0.4, 0.5) is 0 Å². The van der Waals surface area contributed by atoms with Gasteiger partial charge in [0.1, 0.15) is 11.1 Å². The molecular formula is C23H19NO2. The van der Waals surface area contributed by atoms with E-state index in [-0.39, 0.29) is 5.78 Å². The predicted octanol–water partition coefficient (Wildman–Crippen LogP) is 6.04. The first kappa shape index (κ1) is 15.3. The predicted molar refractivity (Wildman–Crippen MR) is 104 cm³/mol. The number of carbonyl (C=O) groups excluding carboxylic acids is 1. The quantitative estimate of drug-likeness (QED) is 0.427. The Morgan fingerprint density at radius 1 is 1.08 bits per heavy atom. The molecule has 0 atom stereocenters. The number of benzene rings is 2. The van der Waals surface area contributed by atoms with E-state index >= 15 is 0 Å². The number of pyridine rings is 1. The molecule has 3 heteroatoms. The van der Waals surface area contributed by atoms with Crippen LogP contribution in [0.15, 0.2) is 52.9 Å². The number of rotatable bonds is 3. The van der Waals surface area contributed by atoms with E-state index in [1.165, 1.54) is 12.8 Å². The number of nitrogens with zero attached hydrogens (tertiary/aromatic N) is 1. The summed E-state index contributed by atoms with van der Waals surface area (Å²) < 4.78 is 6.26. The number of aromatic nitrogens is 1. The van der Waals surface area contributed by atoms with Crippen molar-refractivity contribution in [2.45, 2.75) is 32.6 Å². The molecule has 1 fully saturated rings. The smallest absolute Gasteiger partial charge is 0.163 e. The van der Waals surface area contributed by atoms with Crippen LogP contribution in [0.25, 0.3) is 33.2 Å². The Morgan fingerprint density at radius 3 is 2.54 bits per heavy atom. The lowest BCUT2D eigenvalue weighted by Crippen LogP contribution is -1.93. The molecular weight excluding hydrogens is 322 g/mol. The van der Waals surface area contributed by atoms with Crippen molar-refractivity contribution in [2.75, 3.05) is 0 Å². The van der Waals surface area contributed by atoms with Crippen LogP contribution in [0.5, 0.6) is 0 Å². The van der Waals surface area contributed by atoms with Crippen LogP contribution in [0.1, 0.15) is 47.3 Å². The van der Waals surface area contributed by atoms with Crippen LogP contribution in [0, 0.1) is 6.92 Å². The van der Waals surface area contributed by atoms with Crippen molar-refractivity contribution < 1.29 is 9.21 Å². The van der Waals surface area contributed by atoms with E-state index in [2.05, 4.69) is 24.3 Å². The summed E-state index contributed by atoms with van der Waals surface area (Å²) in [6.07, 6.45) is 2.39. The number of hydrogen-bond donors (Lipinski definition) is 0. The maximum absolute atomic E-state index is 12.1. The van der Waals surface area contributed by atoms with Gasteiger partial charge in [-0.2, -0.15) is 0 Å². The van der Waals surface area contributed by atoms with Gasteiger partial charge in [-0.25, -0.2) is 4.98 Å². The van der Waals surface area contributed by atoms with Gasteiger partial charge in [-0.3, -0.25) is 4.79 Å². The molecule has 0 N–H and O–H groups in total. The standard InChI is InChI=1S/C23H19NO2/c1-13-10-17(14(2)25)22-19(11-13)21-23(26-22)18(15-6-4-3-5-7-15)12-20(24-21)16-8-9-16/h3-7,10-12,16H,8-9H2,1-2H3. The van der Waals surface area contributed by atoms with Crippen LogP contribution in [-0.2, 0) is 0 Å². The summed E-state index contributed by atoms with van der Waals surface area (Å²) in [7, 11) is 0. The third kappa shape index (κ3) is 2.35. The van der Waals surface area contributed by atoms with Gasteiger partial charge in [0.05, 0.1) is 5.56 Å². The summed E-state index contributed by atoms with van der Waals surface area (Å²) in [6, 6.07) is 16.4. The molecule has 0 amide bonds. The molecule has 1 aliphatic rings. The molecule has 1 saturated carbocycles. The van der Waals surface area contributed by atoms with E-state index in [0.29, 0.717) is 17.1 Å². The average molecular weight is 341 g/mol. The summed E-state index contributed by atoms with van der Waals surface area (Å²) in [6.45, 7) is 3.59. The fourth-order valence-corrected chi connectivity index (χ4v) is 3.68. The zero-order chi connectivity index (χ0) is 17.8. The molecule has 2 heterocycles. The van der Waals surface area contributed by atoms with E-state index in [1.54, 1.807) is 6.92 Å². The Kier molecular flexibility index (Phi) is 3.26. The summed E-state index contributed by atoms with van der Waals surface area (Å²) in [5, 5.41) is 0.935. The molecule has 0 bridgehead atoms. The van der Waals surface area contributed by atoms with Crippen molar-refractivity contribution in [1.82, 2.24) is 4.98 Å². The van der Waals surface area contributed by atoms with Crippen LogP contribution < -0.4 is 0 Å². The van der Waals surface area contributed by atoms with Gasteiger partial charge in [0.25, 0.3) is 0 Å². The molecule has 5 rings (SSSR count). The van der Waals surface area contributed by atoms with E-state index in [0.717, 1.165) is 38.9 Å². The minimum absolute atomic E-state index is 0.0152. The Labute approximate surface area is 151 Å². The zero-order valence-electron chi connectivity index (χ0n) is 14.9. The molecule has 4 aromatic rings. The lowest BCUT2D eigenvalue weighted by Gasteiger charge is -2.06. The minimum Gasteiger partial charge on any atom is -0.453 e. The number of carbonyl (C=O) groups is 1.